The van der Waals surface area contributed by atoms with E-state index in [2.05, 4.69) is 15.9 Å². The average molecular weight is 496 g/mol. The van der Waals surface area contributed by atoms with E-state index in [0.29, 0.717) is 41.7 Å². The summed E-state index contributed by atoms with van der Waals surface area (Å²) in [4.78, 5) is 27.6. The Morgan fingerprint density at radius 2 is 1.84 bits per heavy atom. The van der Waals surface area contributed by atoms with Crippen molar-refractivity contribution in [1.29, 1.82) is 0 Å². The third kappa shape index (κ3) is 3.27. The zero-order valence-corrected chi connectivity index (χ0v) is 18.6. The minimum atomic E-state index is -0.934. The molecule has 1 amide bonds. The number of carbonyl (C=O) groups excluding carboxylic acids is 2. The minimum absolute atomic E-state index is 0.0402. The van der Waals surface area contributed by atoms with E-state index >= 15 is 0 Å². The molecule has 32 heavy (non-hydrogen) atoms. The van der Waals surface area contributed by atoms with Crippen molar-refractivity contribution < 1.29 is 28.6 Å². The van der Waals surface area contributed by atoms with Gasteiger partial charge in [-0.2, -0.15) is 0 Å². The Labute approximate surface area is 192 Å². The largest absolute Gasteiger partial charge is 0.507 e. The summed E-state index contributed by atoms with van der Waals surface area (Å²) in [6.07, 6.45) is 1.46. The van der Waals surface area contributed by atoms with E-state index in [1.165, 1.54) is 11.2 Å². The second-order valence-corrected chi connectivity index (χ2v) is 8.33. The summed E-state index contributed by atoms with van der Waals surface area (Å²) < 4.78 is 17.7. The maximum atomic E-state index is 13.2. The van der Waals surface area contributed by atoms with Crippen molar-refractivity contribution in [3.05, 3.63) is 81.7 Å². The van der Waals surface area contributed by atoms with Crippen molar-refractivity contribution in [3.63, 3.8) is 0 Å². The zero-order valence-electron chi connectivity index (χ0n) is 17.0. The molecule has 2 aromatic carbocycles. The molecule has 1 atom stereocenters. The van der Waals surface area contributed by atoms with Crippen LogP contribution in [0.1, 0.15) is 22.9 Å². The smallest absolute Gasteiger partial charge is 0.300 e. The number of nitrogens with zero attached hydrogens (tertiary/aromatic N) is 1. The number of amides is 1. The van der Waals surface area contributed by atoms with E-state index in [4.69, 9.17) is 13.9 Å². The molecule has 3 heterocycles. The van der Waals surface area contributed by atoms with E-state index in [1.54, 1.807) is 48.5 Å². The van der Waals surface area contributed by atoms with Gasteiger partial charge in [-0.3, -0.25) is 14.5 Å². The Morgan fingerprint density at radius 1 is 1.06 bits per heavy atom. The van der Waals surface area contributed by atoms with Crippen molar-refractivity contribution in [2.75, 3.05) is 18.1 Å². The van der Waals surface area contributed by atoms with Crippen LogP contribution in [0.3, 0.4) is 0 Å². The summed E-state index contributed by atoms with van der Waals surface area (Å²) in [5.41, 5.74) is 1.71. The monoisotopic (exact) mass is 495 g/mol. The molecule has 1 saturated heterocycles. The van der Waals surface area contributed by atoms with Crippen LogP contribution in [0.25, 0.3) is 5.76 Å². The Morgan fingerprint density at radius 3 is 2.56 bits per heavy atom. The van der Waals surface area contributed by atoms with E-state index < -0.39 is 17.7 Å². The number of Topliss-reactive ketones (excluding diaryl/α,β-unsaturated/α-hetero) is 1. The quantitative estimate of drug-likeness (QED) is 0.320. The van der Waals surface area contributed by atoms with Gasteiger partial charge in [-0.15, -0.1) is 0 Å². The van der Waals surface area contributed by atoms with Gasteiger partial charge in [0.15, 0.2) is 11.5 Å². The van der Waals surface area contributed by atoms with Crippen LogP contribution in [-0.2, 0) is 9.59 Å². The van der Waals surface area contributed by atoms with Crippen LogP contribution in [0, 0.1) is 6.92 Å². The van der Waals surface area contributed by atoms with Gasteiger partial charge in [0, 0.05) is 21.8 Å². The highest BCUT2D eigenvalue weighted by Crippen LogP contribution is 2.44. The molecule has 1 aromatic heterocycles. The summed E-state index contributed by atoms with van der Waals surface area (Å²) in [5.74, 6) is -0.415. The lowest BCUT2D eigenvalue weighted by Crippen LogP contribution is -2.29. The number of carbonyl (C=O) groups is 2. The van der Waals surface area contributed by atoms with Crippen LogP contribution in [0.5, 0.6) is 11.5 Å². The fraction of sp³-hybridized carbons (Fsp3) is 0.167. The van der Waals surface area contributed by atoms with E-state index in [9.17, 15) is 14.7 Å². The third-order valence-electron chi connectivity index (χ3n) is 5.49. The van der Waals surface area contributed by atoms with Crippen molar-refractivity contribution in [2.24, 2.45) is 0 Å². The highest BCUT2D eigenvalue weighted by Gasteiger charge is 2.48. The standard InChI is InChI=1S/C24H18BrNO6/c1-13-11-14(4-6-16(13)25)22(27)20-21(18-3-2-8-30-18)26(24(29)23(20)28)15-5-7-17-19(12-15)32-10-9-31-17/h2-8,11-12,21,27H,9-10H2,1H3/b22-20-. The molecular formula is C24H18BrNO6. The first kappa shape index (κ1) is 20.4. The Hall–Kier alpha value is -3.52. The summed E-state index contributed by atoms with van der Waals surface area (Å²) in [6.45, 7) is 2.70. The summed E-state index contributed by atoms with van der Waals surface area (Å²) in [6, 6.07) is 12.6. The first-order chi connectivity index (χ1) is 15.5. The van der Waals surface area contributed by atoms with Crippen LogP contribution < -0.4 is 14.4 Å². The van der Waals surface area contributed by atoms with Gasteiger partial charge in [0.05, 0.1) is 11.8 Å². The van der Waals surface area contributed by atoms with Gasteiger partial charge in [-0.25, -0.2) is 0 Å². The van der Waals surface area contributed by atoms with E-state index in [0.717, 1.165) is 10.0 Å². The molecule has 2 aliphatic heterocycles. The fourth-order valence-corrected chi connectivity index (χ4v) is 4.19. The summed E-state index contributed by atoms with van der Waals surface area (Å²) in [7, 11) is 0. The maximum absolute atomic E-state index is 13.2. The predicted molar refractivity (Wildman–Crippen MR) is 120 cm³/mol. The van der Waals surface area contributed by atoms with E-state index in [1.807, 2.05) is 6.92 Å². The first-order valence-corrected chi connectivity index (χ1v) is 10.8. The first-order valence-electron chi connectivity index (χ1n) is 9.96. The van der Waals surface area contributed by atoms with Gasteiger partial charge >= 0.3 is 0 Å². The van der Waals surface area contributed by atoms with Crippen LogP contribution in [0.15, 0.2) is 69.3 Å². The van der Waals surface area contributed by atoms with Gasteiger partial charge in [0.1, 0.15) is 30.8 Å². The molecule has 8 heteroatoms. The number of benzene rings is 2. The Bertz CT molecular complexity index is 1260. The molecule has 3 aromatic rings. The fourth-order valence-electron chi connectivity index (χ4n) is 3.94. The number of halogens is 1. The predicted octanol–water partition coefficient (Wildman–Crippen LogP) is 4.75. The topological polar surface area (TPSA) is 89.2 Å². The number of aliphatic hydroxyl groups is 1. The number of hydrogen-bond acceptors (Lipinski definition) is 6. The number of anilines is 1. The molecule has 1 unspecified atom stereocenters. The van der Waals surface area contributed by atoms with Gasteiger partial charge < -0.3 is 19.0 Å². The van der Waals surface area contributed by atoms with Gasteiger partial charge in [-0.1, -0.05) is 22.0 Å². The zero-order chi connectivity index (χ0) is 22.4. The van der Waals surface area contributed by atoms with Crippen LogP contribution >= 0.6 is 15.9 Å². The van der Waals surface area contributed by atoms with Gasteiger partial charge in [0.2, 0.25) is 0 Å². The second kappa shape index (κ2) is 7.87. The number of hydrogen-bond donors (Lipinski definition) is 1. The lowest BCUT2D eigenvalue weighted by atomic mass is 9.98. The molecule has 1 fully saturated rings. The molecule has 0 bridgehead atoms. The molecule has 162 valence electrons. The number of aliphatic hydroxyl groups excluding tert-OH is 1. The van der Waals surface area contributed by atoms with Crippen molar-refractivity contribution >= 4 is 39.1 Å². The maximum Gasteiger partial charge on any atom is 0.300 e. The van der Waals surface area contributed by atoms with E-state index in [-0.39, 0.29) is 11.3 Å². The molecule has 7 nitrogen and oxygen atoms in total. The molecule has 0 saturated carbocycles. The Kier molecular flexibility index (Phi) is 5.01. The van der Waals surface area contributed by atoms with Crippen molar-refractivity contribution in [2.45, 2.75) is 13.0 Å². The molecule has 0 aliphatic carbocycles. The van der Waals surface area contributed by atoms with Gasteiger partial charge in [-0.05, 0) is 48.9 Å². The van der Waals surface area contributed by atoms with Crippen molar-refractivity contribution in [3.8, 4) is 11.5 Å². The van der Waals surface area contributed by atoms with Crippen LogP contribution in [0.2, 0.25) is 0 Å². The highest BCUT2D eigenvalue weighted by molar-refractivity contribution is 9.10. The molecule has 0 radical (unpaired) electrons. The van der Waals surface area contributed by atoms with Gasteiger partial charge in [0.25, 0.3) is 11.7 Å². The number of aryl methyl sites for hydroxylation is 1. The number of ether oxygens (including phenoxy) is 2. The highest BCUT2D eigenvalue weighted by atomic mass is 79.9. The number of rotatable bonds is 3. The minimum Gasteiger partial charge on any atom is -0.507 e. The number of ketones is 1. The normalized spacial score (nSPS) is 19.4. The summed E-state index contributed by atoms with van der Waals surface area (Å²) in [5, 5.41) is 11.1. The molecule has 2 aliphatic rings. The molecule has 1 N–H and O–H groups in total. The molecule has 5 rings (SSSR count). The van der Waals surface area contributed by atoms with Crippen LogP contribution in [0.4, 0.5) is 5.69 Å². The lowest BCUT2D eigenvalue weighted by Gasteiger charge is -2.25. The Balaban J connectivity index is 1.68. The van der Waals surface area contributed by atoms with Crippen LogP contribution in [-0.4, -0.2) is 30.0 Å². The number of furan rings is 1. The lowest BCUT2D eigenvalue weighted by molar-refractivity contribution is -0.132. The SMILES string of the molecule is Cc1cc(/C(O)=C2/C(=O)C(=O)N(c3ccc4c(c3)OCCO4)C2c2ccco2)ccc1Br. The second-order valence-electron chi connectivity index (χ2n) is 7.48. The average Bonchev–Trinajstić information content (AvgIpc) is 3.42. The molecule has 0 spiro atoms. The van der Waals surface area contributed by atoms with Crippen molar-refractivity contribution in [1.82, 2.24) is 0 Å². The summed E-state index contributed by atoms with van der Waals surface area (Å²) >= 11 is 3.43. The molecular weight excluding hydrogens is 478 g/mol. The third-order valence-corrected chi connectivity index (χ3v) is 6.38. The number of fused-ring (bicyclic) bond motifs is 1.